The molecule has 1 fully saturated rings. The van der Waals surface area contributed by atoms with Crippen LogP contribution < -0.4 is 5.32 Å². The molecule has 0 aromatic heterocycles. The molecule has 21 heavy (non-hydrogen) atoms. The fourth-order valence-corrected chi connectivity index (χ4v) is 2.56. The first-order chi connectivity index (χ1) is 9.90. The lowest BCUT2D eigenvalue weighted by atomic mass is 9.98. The van der Waals surface area contributed by atoms with Gasteiger partial charge in [-0.2, -0.15) is 0 Å². The molecule has 1 amide bonds. The van der Waals surface area contributed by atoms with E-state index in [0.717, 1.165) is 16.8 Å². The Kier molecular flexibility index (Phi) is 4.63. The second kappa shape index (κ2) is 6.26. The molecule has 1 aliphatic heterocycles. The second-order valence-electron chi connectivity index (χ2n) is 5.71. The van der Waals surface area contributed by atoms with Crippen LogP contribution in [0.4, 0.5) is 5.69 Å². The van der Waals surface area contributed by atoms with Gasteiger partial charge in [-0.25, -0.2) is 4.79 Å². The van der Waals surface area contributed by atoms with Crippen molar-refractivity contribution >= 4 is 17.6 Å². The van der Waals surface area contributed by atoms with Gasteiger partial charge in [0, 0.05) is 5.69 Å². The number of carbonyl (C=O) groups is 2. The quantitative estimate of drug-likeness (QED) is 0.894. The number of aliphatic carboxylic acids is 1. The zero-order chi connectivity index (χ0) is 15.6. The Morgan fingerprint density at radius 3 is 2.52 bits per heavy atom. The summed E-state index contributed by atoms with van der Waals surface area (Å²) in [5, 5.41) is 11.8. The molecule has 2 N–H and O–H groups in total. The van der Waals surface area contributed by atoms with Crippen molar-refractivity contribution in [2.45, 2.75) is 51.7 Å². The Hall–Kier alpha value is -1.88. The topological polar surface area (TPSA) is 75.6 Å². The molecule has 0 saturated carbocycles. The molecule has 1 aromatic carbocycles. The van der Waals surface area contributed by atoms with Crippen LogP contribution in [0.25, 0.3) is 0 Å². The summed E-state index contributed by atoms with van der Waals surface area (Å²) in [5.74, 6) is -0.990. The van der Waals surface area contributed by atoms with Crippen LogP contribution in [0.3, 0.4) is 0 Å². The van der Waals surface area contributed by atoms with Crippen molar-refractivity contribution < 1.29 is 19.4 Å². The number of para-hydroxylation sites is 1. The standard InChI is InChI=1S/C16H21NO4/c1-9(2)11-6-4-5-10(3)14(11)17-15(18)12-7-8-13(21-12)16(19)20/h4-6,9,12-13H,7-8H2,1-3H3,(H,17,18)(H,19,20)/t12-,13+/m0/s1. The van der Waals surface area contributed by atoms with Crippen LogP contribution in [0, 0.1) is 6.92 Å². The van der Waals surface area contributed by atoms with Gasteiger partial charge in [-0.15, -0.1) is 0 Å². The fourth-order valence-electron chi connectivity index (χ4n) is 2.56. The van der Waals surface area contributed by atoms with Crippen molar-refractivity contribution in [1.82, 2.24) is 0 Å². The average Bonchev–Trinajstić information content (AvgIpc) is 2.90. The summed E-state index contributed by atoms with van der Waals surface area (Å²) in [5.41, 5.74) is 2.86. The second-order valence-corrected chi connectivity index (χ2v) is 5.71. The number of ether oxygens (including phenoxy) is 1. The van der Waals surface area contributed by atoms with Crippen molar-refractivity contribution in [1.29, 1.82) is 0 Å². The first-order valence-corrected chi connectivity index (χ1v) is 7.18. The molecule has 1 aromatic rings. The molecular weight excluding hydrogens is 270 g/mol. The number of carboxylic acids is 1. The van der Waals surface area contributed by atoms with E-state index in [1.807, 2.05) is 25.1 Å². The highest BCUT2D eigenvalue weighted by Crippen LogP contribution is 2.29. The third-order valence-electron chi connectivity index (χ3n) is 3.76. The molecule has 0 aliphatic carbocycles. The Balaban J connectivity index is 2.12. The predicted octanol–water partition coefficient (Wildman–Crippen LogP) is 2.69. The molecule has 114 valence electrons. The molecule has 2 rings (SSSR count). The molecular formula is C16H21NO4. The predicted molar refractivity (Wildman–Crippen MR) is 79.4 cm³/mol. The van der Waals surface area contributed by atoms with E-state index in [1.165, 1.54) is 0 Å². The van der Waals surface area contributed by atoms with Crippen LogP contribution >= 0.6 is 0 Å². The highest BCUT2D eigenvalue weighted by atomic mass is 16.5. The number of anilines is 1. The maximum Gasteiger partial charge on any atom is 0.332 e. The SMILES string of the molecule is Cc1cccc(C(C)C)c1NC(=O)[C@@H]1CC[C@H](C(=O)O)O1. The van der Waals surface area contributed by atoms with Gasteiger partial charge in [-0.05, 0) is 36.8 Å². The van der Waals surface area contributed by atoms with Crippen LogP contribution in [-0.2, 0) is 14.3 Å². The summed E-state index contributed by atoms with van der Waals surface area (Å²) < 4.78 is 5.29. The highest BCUT2D eigenvalue weighted by Gasteiger charge is 2.35. The van der Waals surface area contributed by atoms with Crippen molar-refractivity contribution in [2.24, 2.45) is 0 Å². The van der Waals surface area contributed by atoms with Gasteiger partial charge in [-0.3, -0.25) is 4.79 Å². The summed E-state index contributed by atoms with van der Waals surface area (Å²) in [7, 11) is 0. The van der Waals surface area contributed by atoms with Gasteiger partial charge < -0.3 is 15.2 Å². The Morgan fingerprint density at radius 1 is 1.29 bits per heavy atom. The van der Waals surface area contributed by atoms with E-state index >= 15 is 0 Å². The van der Waals surface area contributed by atoms with Crippen LogP contribution in [0.2, 0.25) is 0 Å². The van der Waals surface area contributed by atoms with Gasteiger partial charge in [0.1, 0.15) is 6.10 Å². The summed E-state index contributed by atoms with van der Waals surface area (Å²) in [6.07, 6.45) is -0.753. The number of rotatable bonds is 4. The first-order valence-electron chi connectivity index (χ1n) is 7.18. The number of hydrogen-bond acceptors (Lipinski definition) is 3. The number of carbonyl (C=O) groups excluding carboxylic acids is 1. The van der Waals surface area contributed by atoms with Crippen molar-refractivity contribution in [3.63, 3.8) is 0 Å². The average molecular weight is 291 g/mol. The number of amides is 1. The third kappa shape index (κ3) is 3.42. The van der Waals surface area contributed by atoms with E-state index in [1.54, 1.807) is 0 Å². The smallest absolute Gasteiger partial charge is 0.332 e. The summed E-state index contributed by atoms with van der Waals surface area (Å²) >= 11 is 0. The molecule has 1 aliphatic rings. The van der Waals surface area contributed by atoms with Crippen LogP contribution in [0.1, 0.15) is 43.7 Å². The van der Waals surface area contributed by atoms with E-state index < -0.39 is 18.2 Å². The monoisotopic (exact) mass is 291 g/mol. The van der Waals surface area contributed by atoms with Crippen LogP contribution in [-0.4, -0.2) is 29.2 Å². The minimum atomic E-state index is -1.01. The maximum absolute atomic E-state index is 12.3. The Labute approximate surface area is 124 Å². The molecule has 1 saturated heterocycles. The van der Waals surface area contributed by atoms with E-state index in [2.05, 4.69) is 19.2 Å². The van der Waals surface area contributed by atoms with E-state index in [9.17, 15) is 9.59 Å². The highest BCUT2D eigenvalue weighted by molar-refractivity contribution is 5.96. The molecule has 0 unspecified atom stereocenters. The van der Waals surface area contributed by atoms with Gasteiger partial charge in [0.25, 0.3) is 5.91 Å². The molecule has 0 radical (unpaired) electrons. The molecule has 0 spiro atoms. The zero-order valence-corrected chi connectivity index (χ0v) is 12.6. The van der Waals surface area contributed by atoms with Gasteiger partial charge in [-0.1, -0.05) is 32.0 Å². The van der Waals surface area contributed by atoms with Gasteiger partial charge >= 0.3 is 5.97 Å². The largest absolute Gasteiger partial charge is 0.479 e. The van der Waals surface area contributed by atoms with Crippen molar-refractivity contribution in [3.8, 4) is 0 Å². The summed E-state index contributed by atoms with van der Waals surface area (Å²) in [6, 6.07) is 5.90. The van der Waals surface area contributed by atoms with E-state index in [4.69, 9.17) is 9.84 Å². The first kappa shape index (κ1) is 15.5. The maximum atomic E-state index is 12.3. The van der Waals surface area contributed by atoms with Gasteiger partial charge in [0.2, 0.25) is 0 Å². The minimum Gasteiger partial charge on any atom is -0.479 e. The zero-order valence-electron chi connectivity index (χ0n) is 12.6. The van der Waals surface area contributed by atoms with Crippen LogP contribution in [0.15, 0.2) is 18.2 Å². The fraction of sp³-hybridized carbons (Fsp3) is 0.500. The van der Waals surface area contributed by atoms with E-state index in [0.29, 0.717) is 12.8 Å². The lowest BCUT2D eigenvalue weighted by Gasteiger charge is -2.18. The Bertz CT molecular complexity index is 553. The summed E-state index contributed by atoms with van der Waals surface area (Å²) in [6.45, 7) is 6.07. The lowest BCUT2D eigenvalue weighted by molar-refractivity contribution is -0.150. The van der Waals surface area contributed by atoms with Gasteiger partial charge in [0.15, 0.2) is 6.10 Å². The molecule has 0 bridgehead atoms. The molecule has 2 atom stereocenters. The third-order valence-corrected chi connectivity index (χ3v) is 3.76. The number of nitrogens with one attached hydrogen (secondary N) is 1. The number of benzene rings is 1. The minimum absolute atomic E-state index is 0.269. The number of aryl methyl sites for hydroxylation is 1. The summed E-state index contributed by atoms with van der Waals surface area (Å²) in [4.78, 5) is 23.1. The normalized spacial score (nSPS) is 21.5. The van der Waals surface area contributed by atoms with Crippen LogP contribution in [0.5, 0.6) is 0 Å². The Morgan fingerprint density at radius 2 is 1.95 bits per heavy atom. The van der Waals surface area contributed by atoms with Crippen molar-refractivity contribution in [3.05, 3.63) is 29.3 Å². The molecule has 5 heteroatoms. The molecule has 5 nitrogen and oxygen atoms in total. The molecule has 1 heterocycles. The van der Waals surface area contributed by atoms with E-state index in [-0.39, 0.29) is 11.8 Å². The number of carboxylic acid groups (broad SMARTS) is 1. The lowest BCUT2D eigenvalue weighted by Crippen LogP contribution is -2.30. The number of hydrogen-bond donors (Lipinski definition) is 2. The van der Waals surface area contributed by atoms with Gasteiger partial charge in [0.05, 0.1) is 0 Å². The van der Waals surface area contributed by atoms with Crippen molar-refractivity contribution in [2.75, 3.05) is 5.32 Å².